The van der Waals surface area contributed by atoms with Gasteiger partial charge in [-0.05, 0) is 13.0 Å². The summed E-state index contributed by atoms with van der Waals surface area (Å²) in [6.45, 7) is 5.01. The van der Waals surface area contributed by atoms with E-state index in [4.69, 9.17) is 4.74 Å². The Balaban J connectivity index is 1.61. The first-order valence-electron chi connectivity index (χ1n) is 7.14. The van der Waals surface area contributed by atoms with Gasteiger partial charge in [0.05, 0.1) is 18.4 Å². The van der Waals surface area contributed by atoms with Gasteiger partial charge in [-0.25, -0.2) is 9.97 Å². The van der Waals surface area contributed by atoms with Gasteiger partial charge in [0.25, 0.3) is 5.91 Å². The molecule has 0 N–H and O–H groups in total. The molecule has 0 radical (unpaired) electrons. The minimum absolute atomic E-state index is 0.0186. The summed E-state index contributed by atoms with van der Waals surface area (Å²) in [5.41, 5.74) is 1.64. The number of aryl methyl sites for hydroxylation is 1. The zero-order chi connectivity index (χ0) is 15.5. The van der Waals surface area contributed by atoms with Crippen molar-refractivity contribution in [1.29, 1.82) is 0 Å². The third-order valence-electron chi connectivity index (χ3n) is 3.64. The van der Waals surface area contributed by atoms with Gasteiger partial charge in [0.15, 0.2) is 5.13 Å². The highest BCUT2D eigenvalue weighted by atomic mass is 32.1. The molecule has 0 bridgehead atoms. The molecule has 7 heteroatoms. The summed E-state index contributed by atoms with van der Waals surface area (Å²) in [4.78, 5) is 25.1. The number of pyridine rings is 1. The summed E-state index contributed by atoms with van der Waals surface area (Å²) < 4.78 is 5.01. The van der Waals surface area contributed by atoms with Crippen LogP contribution in [-0.2, 0) is 0 Å². The van der Waals surface area contributed by atoms with E-state index < -0.39 is 0 Å². The van der Waals surface area contributed by atoms with Crippen LogP contribution in [0.5, 0.6) is 5.88 Å². The average molecular weight is 318 g/mol. The van der Waals surface area contributed by atoms with E-state index in [1.54, 1.807) is 36.8 Å². The molecule has 1 fully saturated rings. The summed E-state index contributed by atoms with van der Waals surface area (Å²) in [7, 11) is 1.56. The van der Waals surface area contributed by atoms with E-state index >= 15 is 0 Å². The third kappa shape index (κ3) is 3.04. The molecule has 0 spiro atoms. The van der Waals surface area contributed by atoms with Crippen molar-refractivity contribution >= 4 is 22.4 Å². The Bertz CT molecular complexity index is 648. The average Bonchev–Trinajstić information content (AvgIpc) is 3.01. The smallest absolute Gasteiger partial charge is 0.255 e. The zero-order valence-corrected chi connectivity index (χ0v) is 13.5. The first kappa shape index (κ1) is 14.8. The highest BCUT2D eigenvalue weighted by molar-refractivity contribution is 7.13. The lowest BCUT2D eigenvalue weighted by Crippen LogP contribution is -2.48. The maximum atomic E-state index is 12.5. The van der Waals surface area contributed by atoms with Gasteiger partial charge >= 0.3 is 0 Å². The Morgan fingerprint density at radius 2 is 2.05 bits per heavy atom. The van der Waals surface area contributed by atoms with Gasteiger partial charge in [0, 0.05) is 43.8 Å². The van der Waals surface area contributed by atoms with Crippen molar-refractivity contribution < 1.29 is 9.53 Å². The van der Waals surface area contributed by atoms with E-state index in [0.29, 0.717) is 24.5 Å². The highest BCUT2D eigenvalue weighted by Gasteiger charge is 2.23. The van der Waals surface area contributed by atoms with Crippen molar-refractivity contribution in [2.75, 3.05) is 38.2 Å². The van der Waals surface area contributed by atoms with Gasteiger partial charge in [-0.1, -0.05) is 0 Å². The number of hydrogen-bond acceptors (Lipinski definition) is 6. The highest BCUT2D eigenvalue weighted by Crippen LogP contribution is 2.22. The number of nitrogens with zero attached hydrogens (tertiary/aromatic N) is 4. The Kier molecular flexibility index (Phi) is 4.24. The summed E-state index contributed by atoms with van der Waals surface area (Å²) in [5, 5.41) is 3.09. The Hall–Kier alpha value is -2.15. The van der Waals surface area contributed by atoms with Crippen LogP contribution in [0.15, 0.2) is 23.7 Å². The first-order valence-corrected chi connectivity index (χ1v) is 8.02. The van der Waals surface area contributed by atoms with Gasteiger partial charge in [-0.2, -0.15) is 0 Å². The van der Waals surface area contributed by atoms with Crippen LogP contribution >= 0.6 is 11.3 Å². The number of rotatable bonds is 3. The molecule has 2 aromatic rings. The SMILES string of the molecule is COc1ccc(C(=O)N2CCN(c3nc(C)cs3)CC2)cn1. The largest absolute Gasteiger partial charge is 0.481 e. The number of hydrogen-bond donors (Lipinski definition) is 0. The molecule has 0 atom stereocenters. The lowest BCUT2D eigenvalue weighted by Gasteiger charge is -2.34. The number of ether oxygens (including phenoxy) is 1. The molecule has 1 saturated heterocycles. The molecular formula is C15H18N4O2S. The number of thiazole rings is 1. The van der Waals surface area contributed by atoms with Crippen LogP contribution in [0.3, 0.4) is 0 Å². The van der Waals surface area contributed by atoms with Gasteiger partial charge in [0.2, 0.25) is 5.88 Å². The molecule has 0 aromatic carbocycles. The molecule has 116 valence electrons. The first-order chi connectivity index (χ1) is 10.7. The van der Waals surface area contributed by atoms with Crippen molar-refractivity contribution in [3.8, 4) is 5.88 Å². The molecule has 6 nitrogen and oxygen atoms in total. The second kappa shape index (κ2) is 6.31. The normalized spacial score (nSPS) is 15.0. The second-order valence-electron chi connectivity index (χ2n) is 5.14. The fourth-order valence-corrected chi connectivity index (χ4v) is 3.25. The number of carbonyl (C=O) groups excluding carboxylic acids is 1. The standard InChI is InChI=1S/C15H18N4O2S/c1-11-10-22-15(17-11)19-7-5-18(6-8-19)14(20)12-3-4-13(21-2)16-9-12/h3-4,9-10H,5-8H2,1-2H3. The molecule has 0 saturated carbocycles. The lowest BCUT2D eigenvalue weighted by atomic mass is 10.2. The lowest BCUT2D eigenvalue weighted by molar-refractivity contribution is 0.0746. The van der Waals surface area contributed by atoms with Crippen molar-refractivity contribution in [2.45, 2.75) is 6.92 Å². The predicted octanol–water partition coefficient (Wildman–Crippen LogP) is 1.82. The van der Waals surface area contributed by atoms with Crippen LogP contribution in [0, 0.1) is 6.92 Å². The van der Waals surface area contributed by atoms with Crippen LogP contribution in [0.2, 0.25) is 0 Å². The van der Waals surface area contributed by atoms with Crippen molar-refractivity contribution in [3.05, 3.63) is 35.0 Å². The van der Waals surface area contributed by atoms with Gasteiger partial charge < -0.3 is 14.5 Å². The fourth-order valence-electron chi connectivity index (χ4n) is 2.40. The number of aromatic nitrogens is 2. The van der Waals surface area contributed by atoms with Gasteiger partial charge in [-0.3, -0.25) is 4.79 Å². The molecule has 1 aliphatic rings. The Morgan fingerprint density at radius 3 is 2.59 bits per heavy atom. The van der Waals surface area contributed by atoms with Crippen molar-refractivity contribution in [2.24, 2.45) is 0 Å². The summed E-state index contributed by atoms with van der Waals surface area (Å²) in [5.74, 6) is 0.533. The third-order valence-corrected chi connectivity index (χ3v) is 4.66. The van der Waals surface area contributed by atoms with Gasteiger partial charge in [0.1, 0.15) is 0 Å². The Labute approximate surface area is 133 Å². The molecular weight excluding hydrogens is 300 g/mol. The molecule has 0 unspecified atom stereocenters. The monoisotopic (exact) mass is 318 g/mol. The topological polar surface area (TPSA) is 58.6 Å². The fraction of sp³-hybridized carbons (Fsp3) is 0.400. The van der Waals surface area contributed by atoms with Crippen LogP contribution in [0.4, 0.5) is 5.13 Å². The van der Waals surface area contributed by atoms with Crippen molar-refractivity contribution in [3.63, 3.8) is 0 Å². The number of piperazine rings is 1. The van der Waals surface area contributed by atoms with E-state index in [1.165, 1.54) is 0 Å². The van der Waals surface area contributed by atoms with Crippen LogP contribution in [0.25, 0.3) is 0 Å². The van der Waals surface area contributed by atoms with Crippen molar-refractivity contribution in [1.82, 2.24) is 14.9 Å². The zero-order valence-electron chi connectivity index (χ0n) is 12.7. The molecule has 2 aromatic heterocycles. The summed E-state index contributed by atoms with van der Waals surface area (Å²) in [6, 6.07) is 3.46. The van der Waals surface area contributed by atoms with Crippen LogP contribution in [0.1, 0.15) is 16.1 Å². The van der Waals surface area contributed by atoms with Gasteiger partial charge in [-0.15, -0.1) is 11.3 Å². The van der Waals surface area contributed by atoms with E-state index in [2.05, 4.69) is 20.2 Å². The maximum absolute atomic E-state index is 12.5. The Morgan fingerprint density at radius 1 is 1.27 bits per heavy atom. The van der Waals surface area contributed by atoms with E-state index in [-0.39, 0.29) is 5.91 Å². The number of amides is 1. The number of methoxy groups -OCH3 is 1. The van der Waals surface area contributed by atoms with E-state index in [1.807, 2.05) is 11.8 Å². The van der Waals surface area contributed by atoms with E-state index in [0.717, 1.165) is 23.9 Å². The molecule has 3 rings (SSSR count). The molecule has 22 heavy (non-hydrogen) atoms. The molecule has 3 heterocycles. The number of carbonyl (C=O) groups is 1. The summed E-state index contributed by atoms with van der Waals surface area (Å²) in [6.07, 6.45) is 1.57. The maximum Gasteiger partial charge on any atom is 0.255 e. The second-order valence-corrected chi connectivity index (χ2v) is 5.98. The molecule has 1 amide bonds. The number of anilines is 1. The van der Waals surface area contributed by atoms with Crippen LogP contribution < -0.4 is 9.64 Å². The predicted molar refractivity (Wildman–Crippen MR) is 85.8 cm³/mol. The summed E-state index contributed by atoms with van der Waals surface area (Å²) >= 11 is 1.65. The minimum atomic E-state index is 0.0186. The quantitative estimate of drug-likeness (QED) is 0.864. The van der Waals surface area contributed by atoms with E-state index in [9.17, 15) is 4.79 Å². The molecule has 0 aliphatic carbocycles. The minimum Gasteiger partial charge on any atom is -0.481 e. The molecule has 1 aliphatic heterocycles. The van der Waals surface area contributed by atoms with Crippen LogP contribution in [-0.4, -0.2) is 54.1 Å².